The molecule has 4 saturated carbocycles. The van der Waals surface area contributed by atoms with Crippen LogP contribution in [0.5, 0.6) is 0 Å². The van der Waals surface area contributed by atoms with Gasteiger partial charge in [0.1, 0.15) is 0 Å². The number of rotatable bonds is 5. The van der Waals surface area contributed by atoms with Gasteiger partial charge in [-0.2, -0.15) is 0 Å². The summed E-state index contributed by atoms with van der Waals surface area (Å²) in [5, 5.41) is 0. The SMILES string of the molecule is CC(C)=CCC[C@@H](C)C1CCC2C3CCC4C(C)(C)C(N(C)C)CCC4(C)C3CCC21C. The predicted octanol–water partition coefficient (Wildman–Crippen LogP) is 8.59. The van der Waals surface area contributed by atoms with Crippen LogP contribution in [0.1, 0.15) is 113 Å². The number of hydrogen-bond donors (Lipinski definition) is 0. The summed E-state index contributed by atoms with van der Waals surface area (Å²) in [6.45, 7) is 17.8. The molecule has 0 aromatic carbocycles. The summed E-state index contributed by atoms with van der Waals surface area (Å²) in [7, 11) is 4.65. The van der Waals surface area contributed by atoms with E-state index in [9.17, 15) is 0 Å². The quantitative estimate of drug-likeness (QED) is 0.386. The first-order valence-corrected chi connectivity index (χ1v) is 14.2. The maximum Gasteiger partial charge on any atom is 0.0143 e. The molecule has 0 bridgehead atoms. The van der Waals surface area contributed by atoms with Crippen molar-refractivity contribution in [2.45, 2.75) is 119 Å². The molecule has 0 amide bonds. The monoisotopic (exact) mass is 441 g/mol. The van der Waals surface area contributed by atoms with E-state index in [1.54, 1.807) is 0 Å². The molecule has 1 heteroatoms. The highest BCUT2D eigenvalue weighted by atomic mass is 15.1. The Balaban J connectivity index is 1.52. The molecule has 8 unspecified atom stereocenters. The minimum absolute atomic E-state index is 0.444. The number of allylic oxidation sites excluding steroid dienone is 2. The van der Waals surface area contributed by atoms with E-state index in [-0.39, 0.29) is 0 Å². The Bertz CT molecular complexity index is 699. The summed E-state index contributed by atoms with van der Waals surface area (Å²) in [5.41, 5.74) is 3.13. The van der Waals surface area contributed by atoms with Crippen molar-refractivity contribution in [3.63, 3.8) is 0 Å². The van der Waals surface area contributed by atoms with Crippen LogP contribution in [0.3, 0.4) is 0 Å². The van der Waals surface area contributed by atoms with Crippen LogP contribution in [0.4, 0.5) is 0 Å². The summed E-state index contributed by atoms with van der Waals surface area (Å²) in [6, 6.07) is 0.753. The van der Waals surface area contributed by atoms with Gasteiger partial charge in [0, 0.05) is 6.04 Å². The van der Waals surface area contributed by atoms with E-state index < -0.39 is 0 Å². The molecule has 32 heavy (non-hydrogen) atoms. The van der Waals surface area contributed by atoms with E-state index in [0.717, 1.165) is 41.5 Å². The van der Waals surface area contributed by atoms with Crippen LogP contribution in [-0.2, 0) is 0 Å². The van der Waals surface area contributed by atoms with Crippen molar-refractivity contribution in [3.8, 4) is 0 Å². The fourth-order valence-corrected chi connectivity index (χ4v) is 10.8. The van der Waals surface area contributed by atoms with Crippen LogP contribution in [0.25, 0.3) is 0 Å². The topological polar surface area (TPSA) is 3.24 Å². The Morgan fingerprint density at radius 3 is 2.19 bits per heavy atom. The maximum absolute atomic E-state index is 2.75. The van der Waals surface area contributed by atoms with Crippen LogP contribution >= 0.6 is 0 Å². The van der Waals surface area contributed by atoms with Crippen LogP contribution < -0.4 is 0 Å². The molecule has 1 nitrogen and oxygen atoms in total. The second-order valence-electron chi connectivity index (χ2n) is 14.4. The van der Waals surface area contributed by atoms with Gasteiger partial charge in [-0.1, -0.05) is 46.3 Å². The van der Waals surface area contributed by atoms with Crippen molar-refractivity contribution in [1.82, 2.24) is 4.90 Å². The highest BCUT2D eigenvalue weighted by Gasteiger charge is 2.63. The average molecular weight is 442 g/mol. The van der Waals surface area contributed by atoms with Crippen molar-refractivity contribution in [2.24, 2.45) is 51.8 Å². The summed E-state index contributed by atoms with van der Waals surface area (Å²) < 4.78 is 0. The third kappa shape index (κ3) is 3.85. The molecule has 184 valence electrons. The average Bonchev–Trinajstić information content (AvgIpc) is 3.04. The Hall–Kier alpha value is -0.300. The Kier molecular flexibility index (Phi) is 6.77. The van der Waals surface area contributed by atoms with Gasteiger partial charge >= 0.3 is 0 Å². The van der Waals surface area contributed by atoms with Gasteiger partial charge in [-0.25, -0.2) is 0 Å². The first-order valence-electron chi connectivity index (χ1n) is 14.2. The molecule has 0 aliphatic heterocycles. The second kappa shape index (κ2) is 8.73. The van der Waals surface area contributed by atoms with E-state index in [1.165, 1.54) is 69.8 Å². The lowest BCUT2D eigenvalue weighted by molar-refractivity contribution is -0.164. The van der Waals surface area contributed by atoms with Gasteiger partial charge in [0.2, 0.25) is 0 Å². The second-order valence-corrected chi connectivity index (χ2v) is 14.4. The number of nitrogens with zero attached hydrogens (tertiary/aromatic N) is 1. The fourth-order valence-electron chi connectivity index (χ4n) is 10.8. The molecule has 4 rings (SSSR count). The van der Waals surface area contributed by atoms with Crippen LogP contribution in [-0.4, -0.2) is 25.0 Å². The van der Waals surface area contributed by atoms with E-state index in [4.69, 9.17) is 0 Å². The molecule has 0 spiro atoms. The van der Waals surface area contributed by atoms with Gasteiger partial charge in [0.15, 0.2) is 0 Å². The normalized spacial score (nSPS) is 46.2. The fraction of sp³-hybridized carbons (Fsp3) is 0.935. The third-order valence-corrected chi connectivity index (χ3v) is 12.1. The van der Waals surface area contributed by atoms with Gasteiger partial charge in [-0.3, -0.25) is 0 Å². The van der Waals surface area contributed by atoms with Gasteiger partial charge in [-0.15, -0.1) is 0 Å². The molecule has 0 heterocycles. The lowest BCUT2D eigenvalue weighted by atomic mass is 9.40. The van der Waals surface area contributed by atoms with Gasteiger partial charge < -0.3 is 4.90 Å². The van der Waals surface area contributed by atoms with Crippen molar-refractivity contribution in [1.29, 1.82) is 0 Å². The van der Waals surface area contributed by atoms with Crippen LogP contribution in [0.2, 0.25) is 0 Å². The molecule has 0 N–H and O–H groups in total. The first-order chi connectivity index (χ1) is 14.9. The van der Waals surface area contributed by atoms with Crippen molar-refractivity contribution in [2.75, 3.05) is 14.1 Å². The lowest BCUT2D eigenvalue weighted by Gasteiger charge is -2.66. The molecule has 0 aromatic rings. The van der Waals surface area contributed by atoms with Crippen molar-refractivity contribution < 1.29 is 0 Å². The van der Waals surface area contributed by atoms with E-state index in [1.807, 2.05) is 0 Å². The molecular formula is C31H55N. The molecule has 4 fully saturated rings. The highest BCUT2D eigenvalue weighted by Crippen LogP contribution is 2.70. The largest absolute Gasteiger partial charge is 0.306 e. The lowest BCUT2D eigenvalue weighted by Crippen LogP contribution is -2.61. The molecule has 0 aromatic heterocycles. The van der Waals surface area contributed by atoms with E-state index >= 15 is 0 Å². The Labute approximate surface area is 201 Å². The third-order valence-electron chi connectivity index (χ3n) is 12.1. The van der Waals surface area contributed by atoms with Crippen molar-refractivity contribution in [3.05, 3.63) is 11.6 Å². The standard InChI is InChI=1S/C31H55N/c1-21(2)11-10-12-22(3)24-14-15-25-23-13-16-27-29(4,5)28(32(8)9)18-20-31(27,7)26(23)17-19-30(24,25)6/h11,22-28H,10,12-20H2,1-9H3/t22-,23?,24?,25?,26?,27?,28?,30?,31?/m1/s1. The number of fused-ring (bicyclic) bond motifs is 5. The molecular weight excluding hydrogens is 386 g/mol. The zero-order valence-electron chi connectivity index (χ0n) is 23.1. The maximum atomic E-state index is 2.75. The van der Waals surface area contributed by atoms with Crippen molar-refractivity contribution >= 4 is 0 Å². The van der Waals surface area contributed by atoms with Gasteiger partial charge in [0.05, 0.1) is 0 Å². The van der Waals surface area contributed by atoms with E-state index in [2.05, 4.69) is 73.5 Å². The zero-order chi connectivity index (χ0) is 23.5. The first kappa shape index (κ1) is 24.8. The van der Waals surface area contributed by atoms with Crippen LogP contribution in [0, 0.1) is 51.8 Å². The van der Waals surface area contributed by atoms with E-state index in [0.29, 0.717) is 16.2 Å². The summed E-state index contributed by atoms with van der Waals surface area (Å²) in [5.74, 6) is 5.76. The molecule has 4 aliphatic rings. The zero-order valence-corrected chi connectivity index (χ0v) is 23.1. The molecule has 0 saturated heterocycles. The Morgan fingerprint density at radius 1 is 0.875 bits per heavy atom. The minimum Gasteiger partial charge on any atom is -0.306 e. The minimum atomic E-state index is 0.444. The smallest absolute Gasteiger partial charge is 0.0143 e. The Morgan fingerprint density at radius 2 is 1.53 bits per heavy atom. The molecule has 9 atom stereocenters. The summed E-state index contributed by atoms with van der Waals surface area (Å²) in [4.78, 5) is 2.54. The molecule has 0 radical (unpaired) electrons. The highest BCUT2D eigenvalue weighted by molar-refractivity contribution is 5.13. The number of hydrogen-bond acceptors (Lipinski definition) is 1. The van der Waals surface area contributed by atoms with Crippen LogP contribution in [0.15, 0.2) is 11.6 Å². The molecule has 4 aliphatic carbocycles. The summed E-state index contributed by atoms with van der Waals surface area (Å²) in [6.07, 6.45) is 17.1. The predicted molar refractivity (Wildman–Crippen MR) is 140 cm³/mol. The van der Waals surface area contributed by atoms with Gasteiger partial charge in [-0.05, 0) is 144 Å². The van der Waals surface area contributed by atoms with Gasteiger partial charge in [0.25, 0.3) is 0 Å². The summed E-state index contributed by atoms with van der Waals surface area (Å²) >= 11 is 0.